The molecule has 7 heteroatoms. The lowest BCUT2D eigenvalue weighted by molar-refractivity contribution is -0.115. The zero-order valence-corrected chi connectivity index (χ0v) is 16.2. The topological polar surface area (TPSA) is 57.0 Å². The van der Waals surface area contributed by atoms with Crippen LogP contribution in [-0.2, 0) is 4.79 Å². The highest BCUT2D eigenvalue weighted by atomic mass is 32.2. The van der Waals surface area contributed by atoms with Crippen molar-refractivity contribution in [3.63, 3.8) is 0 Å². The van der Waals surface area contributed by atoms with Gasteiger partial charge in [0.2, 0.25) is 0 Å². The van der Waals surface area contributed by atoms with Gasteiger partial charge in [-0.1, -0.05) is 0 Å². The van der Waals surface area contributed by atoms with E-state index in [1.165, 1.54) is 22.7 Å². The lowest BCUT2D eigenvalue weighted by Crippen LogP contribution is -2.37. The smallest absolute Gasteiger partial charge is 0.269 e. The van der Waals surface area contributed by atoms with Crippen LogP contribution < -0.4 is 4.90 Å². The maximum absolute atomic E-state index is 13.0. The molecule has 25 heavy (non-hydrogen) atoms. The van der Waals surface area contributed by atoms with Gasteiger partial charge in [-0.25, -0.2) is 4.98 Å². The Hall–Kier alpha value is -2.14. The first-order valence-electron chi connectivity index (χ1n) is 7.56. The fourth-order valence-electron chi connectivity index (χ4n) is 2.50. The summed E-state index contributed by atoms with van der Waals surface area (Å²) in [6, 6.07) is 9.48. The first-order valence-corrected chi connectivity index (χ1v) is 9.77. The fourth-order valence-corrected chi connectivity index (χ4v) is 4.26. The molecule has 1 aromatic carbocycles. The molecular formula is C18H15N3OS3. The van der Waals surface area contributed by atoms with Gasteiger partial charge in [0.05, 0.1) is 10.2 Å². The van der Waals surface area contributed by atoms with Gasteiger partial charge in [0.1, 0.15) is 16.0 Å². The van der Waals surface area contributed by atoms with E-state index in [0.29, 0.717) is 4.34 Å². The minimum Gasteiger partial charge on any atom is -0.305 e. The monoisotopic (exact) mass is 385 g/mol. The number of benzene rings is 1. The van der Waals surface area contributed by atoms with Crippen LogP contribution in [-0.4, -0.2) is 16.9 Å². The third-order valence-corrected chi connectivity index (χ3v) is 5.48. The number of nitriles is 1. The molecule has 2 aromatic heterocycles. The molecule has 4 nitrogen and oxygen atoms in total. The number of rotatable bonds is 4. The molecule has 0 saturated heterocycles. The van der Waals surface area contributed by atoms with Gasteiger partial charge < -0.3 is 4.90 Å². The van der Waals surface area contributed by atoms with Crippen LogP contribution in [0.25, 0.3) is 16.3 Å². The molecule has 126 valence electrons. The van der Waals surface area contributed by atoms with Gasteiger partial charge in [-0.15, -0.1) is 24.0 Å². The largest absolute Gasteiger partial charge is 0.305 e. The molecule has 0 bridgehead atoms. The molecule has 3 rings (SSSR count). The Morgan fingerprint density at radius 3 is 2.84 bits per heavy atom. The zero-order chi connectivity index (χ0) is 18.0. The summed E-state index contributed by atoms with van der Waals surface area (Å²) in [5.41, 5.74) is 2.57. The van der Waals surface area contributed by atoms with Crippen LogP contribution in [0.1, 0.15) is 19.4 Å². The van der Waals surface area contributed by atoms with Gasteiger partial charge >= 0.3 is 0 Å². The van der Waals surface area contributed by atoms with Crippen LogP contribution >= 0.6 is 35.3 Å². The van der Waals surface area contributed by atoms with Gasteiger partial charge in [-0.3, -0.25) is 4.79 Å². The number of aromatic nitrogens is 1. The van der Waals surface area contributed by atoms with Crippen LogP contribution in [0.4, 0.5) is 5.69 Å². The van der Waals surface area contributed by atoms with Crippen LogP contribution in [0.5, 0.6) is 0 Å². The van der Waals surface area contributed by atoms with Crippen molar-refractivity contribution in [2.45, 2.75) is 24.2 Å². The van der Waals surface area contributed by atoms with Gasteiger partial charge in [-0.2, -0.15) is 16.6 Å². The fraction of sp³-hybridized carbons (Fsp3) is 0.167. The third kappa shape index (κ3) is 3.76. The number of carbonyl (C=O) groups is 1. The summed E-state index contributed by atoms with van der Waals surface area (Å²) in [5, 5.41) is 13.3. The Morgan fingerprint density at radius 1 is 1.40 bits per heavy atom. The highest BCUT2D eigenvalue weighted by Gasteiger charge is 2.23. The van der Waals surface area contributed by atoms with E-state index in [-0.39, 0.29) is 17.5 Å². The number of amides is 1. The van der Waals surface area contributed by atoms with Crippen molar-refractivity contribution in [1.82, 2.24) is 4.98 Å². The summed E-state index contributed by atoms with van der Waals surface area (Å²) in [5.74, 6) is -0.307. The minimum atomic E-state index is -0.307. The highest BCUT2D eigenvalue weighted by molar-refractivity contribution is 7.82. The number of hydrogen-bond donors (Lipinski definition) is 1. The van der Waals surface area contributed by atoms with E-state index in [2.05, 4.69) is 17.6 Å². The number of thiophene rings is 1. The Labute approximate surface area is 159 Å². The van der Waals surface area contributed by atoms with Crippen molar-refractivity contribution in [3.8, 4) is 6.07 Å². The number of carbonyl (C=O) groups excluding carboxylic acids is 1. The van der Waals surface area contributed by atoms with Crippen LogP contribution in [0.15, 0.2) is 44.9 Å². The van der Waals surface area contributed by atoms with E-state index in [1.807, 2.05) is 54.9 Å². The van der Waals surface area contributed by atoms with E-state index in [9.17, 15) is 10.1 Å². The molecule has 1 amide bonds. The van der Waals surface area contributed by atoms with E-state index >= 15 is 0 Å². The van der Waals surface area contributed by atoms with Crippen molar-refractivity contribution in [2.75, 3.05) is 4.90 Å². The number of fused-ring (bicyclic) bond motifs is 1. The predicted octanol–water partition coefficient (Wildman–Crippen LogP) is 5.00. The molecule has 0 N–H and O–H groups in total. The summed E-state index contributed by atoms with van der Waals surface area (Å²) in [6.45, 7) is 3.86. The van der Waals surface area contributed by atoms with Crippen molar-refractivity contribution < 1.29 is 4.79 Å². The highest BCUT2D eigenvalue weighted by Crippen LogP contribution is 2.30. The molecule has 0 fully saturated rings. The Kier molecular flexibility index (Phi) is 5.23. The molecule has 0 aliphatic carbocycles. The van der Waals surface area contributed by atoms with E-state index in [0.717, 1.165) is 21.5 Å². The molecule has 0 saturated carbocycles. The van der Waals surface area contributed by atoms with E-state index in [4.69, 9.17) is 0 Å². The maximum Gasteiger partial charge on any atom is 0.269 e. The van der Waals surface area contributed by atoms with Crippen molar-refractivity contribution >= 4 is 63.2 Å². The van der Waals surface area contributed by atoms with E-state index in [1.54, 1.807) is 11.0 Å². The normalized spacial score (nSPS) is 11.7. The second kappa shape index (κ2) is 7.40. The molecule has 0 radical (unpaired) electrons. The average molecular weight is 386 g/mol. The summed E-state index contributed by atoms with van der Waals surface area (Å²) in [6.07, 6.45) is 1.63. The lowest BCUT2D eigenvalue weighted by Gasteiger charge is -2.26. The second-order valence-electron chi connectivity index (χ2n) is 5.64. The molecule has 0 spiro atoms. The average Bonchev–Trinajstić information content (AvgIpc) is 3.20. The maximum atomic E-state index is 13.0. The summed E-state index contributed by atoms with van der Waals surface area (Å²) in [7, 11) is 0. The quantitative estimate of drug-likeness (QED) is 0.391. The predicted molar refractivity (Wildman–Crippen MR) is 107 cm³/mol. The van der Waals surface area contributed by atoms with Gasteiger partial charge in [0.15, 0.2) is 0 Å². The molecule has 0 aliphatic rings. The van der Waals surface area contributed by atoms with Crippen LogP contribution in [0.2, 0.25) is 0 Å². The standard InChI is InChI=1S/C18H15N3OS3/c1-11(2)21(14-3-4-15-16(8-14)25-18(23)20-15)17(22)13(9-19)7-12-5-6-24-10-12/h3-8,10-11H,1-2H3,(H,20,23). The number of nitrogens with zero attached hydrogens (tertiary/aromatic N) is 3. The first kappa shape index (κ1) is 17.7. The Morgan fingerprint density at radius 2 is 2.20 bits per heavy atom. The first-order chi connectivity index (χ1) is 12.0. The molecular weight excluding hydrogens is 370 g/mol. The summed E-state index contributed by atoms with van der Waals surface area (Å²) in [4.78, 5) is 19.0. The molecule has 2 heterocycles. The van der Waals surface area contributed by atoms with E-state index < -0.39 is 0 Å². The molecule has 3 aromatic rings. The Bertz CT molecular complexity index is 981. The lowest BCUT2D eigenvalue weighted by atomic mass is 10.1. The summed E-state index contributed by atoms with van der Waals surface area (Å²) >= 11 is 7.27. The van der Waals surface area contributed by atoms with Gasteiger partial charge in [0.25, 0.3) is 5.91 Å². The number of anilines is 1. The minimum absolute atomic E-state index is 0.0902. The van der Waals surface area contributed by atoms with Gasteiger partial charge in [0, 0.05) is 11.7 Å². The third-order valence-electron chi connectivity index (χ3n) is 3.58. The van der Waals surface area contributed by atoms with Crippen LogP contribution in [0, 0.1) is 11.3 Å². The second-order valence-corrected chi connectivity index (χ2v) is 8.18. The van der Waals surface area contributed by atoms with Crippen LogP contribution in [0.3, 0.4) is 0 Å². The van der Waals surface area contributed by atoms with Gasteiger partial charge in [-0.05, 0) is 60.5 Å². The zero-order valence-electron chi connectivity index (χ0n) is 13.6. The number of hydrogen-bond acceptors (Lipinski definition) is 6. The Balaban J connectivity index is 2.01. The van der Waals surface area contributed by atoms with Crippen molar-refractivity contribution in [1.29, 1.82) is 5.26 Å². The number of thiazole rings is 1. The molecule has 0 atom stereocenters. The molecule has 0 aliphatic heterocycles. The van der Waals surface area contributed by atoms with Crippen molar-refractivity contribution in [3.05, 3.63) is 46.2 Å². The molecule has 0 unspecified atom stereocenters. The SMILES string of the molecule is CC(C)N(C(=O)C(C#N)=Cc1ccsc1)c1ccc2nc(S)sc2c1. The number of thiol groups is 1. The van der Waals surface area contributed by atoms with Crippen molar-refractivity contribution in [2.24, 2.45) is 0 Å². The summed E-state index contributed by atoms with van der Waals surface area (Å²) < 4.78 is 1.64.